The predicted molar refractivity (Wildman–Crippen MR) is 73.2 cm³/mol. The lowest BCUT2D eigenvalue weighted by Crippen LogP contribution is -2.32. The Kier molecular flexibility index (Phi) is 4.18. The summed E-state index contributed by atoms with van der Waals surface area (Å²) in [5.74, 6) is 0.0893. The van der Waals surface area contributed by atoms with Gasteiger partial charge in [0, 0.05) is 32.1 Å². The van der Waals surface area contributed by atoms with Crippen molar-refractivity contribution >= 4 is 5.91 Å². The molecule has 0 unspecified atom stereocenters. The first-order valence-corrected chi connectivity index (χ1v) is 6.62. The lowest BCUT2D eigenvalue weighted by Gasteiger charge is -2.15. The zero-order valence-corrected chi connectivity index (χ0v) is 11.4. The molecule has 1 N–H and O–H groups in total. The first kappa shape index (κ1) is 13.6. The molecule has 1 heterocycles. The first-order chi connectivity index (χ1) is 9.10. The van der Waals surface area contributed by atoms with Gasteiger partial charge in [0.1, 0.15) is 0 Å². The quantitative estimate of drug-likeness (QED) is 0.894. The maximum absolute atomic E-state index is 11.6. The van der Waals surface area contributed by atoms with Crippen LogP contribution in [-0.4, -0.2) is 23.4 Å². The highest BCUT2D eigenvalue weighted by Gasteiger charge is 2.21. The fourth-order valence-electron chi connectivity index (χ4n) is 2.41. The maximum Gasteiger partial charge on any atom is 0.221 e. The Hall–Kier alpha value is -1.86. The van der Waals surface area contributed by atoms with Gasteiger partial charge in [-0.25, -0.2) is 0 Å². The van der Waals surface area contributed by atoms with E-state index >= 15 is 0 Å². The Morgan fingerprint density at radius 2 is 2.26 bits per heavy atom. The standard InChI is InChI=1S/C15H19N3O/c1-11(2)17-15(19)6-7-18-9-13-5-3-4-12(8-16)14(13)10-18/h3-5,11H,6-7,9-10H2,1-2H3,(H,17,19). The Balaban J connectivity index is 1.91. The van der Waals surface area contributed by atoms with Crippen LogP contribution in [0, 0.1) is 11.3 Å². The van der Waals surface area contributed by atoms with Gasteiger partial charge in [0.15, 0.2) is 0 Å². The fraction of sp³-hybridized carbons (Fsp3) is 0.467. The van der Waals surface area contributed by atoms with Crippen LogP contribution in [0.1, 0.15) is 37.0 Å². The highest BCUT2D eigenvalue weighted by Crippen LogP contribution is 2.25. The molecule has 1 aliphatic heterocycles. The topological polar surface area (TPSA) is 56.1 Å². The molecule has 0 spiro atoms. The Morgan fingerprint density at radius 3 is 2.95 bits per heavy atom. The van der Waals surface area contributed by atoms with Gasteiger partial charge >= 0.3 is 0 Å². The molecule has 0 aliphatic carbocycles. The number of fused-ring (bicyclic) bond motifs is 1. The molecule has 1 amide bonds. The van der Waals surface area contributed by atoms with Crippen LogP contribution >= 0.6 is 0 Å². The second-order valence-electron chi connectivity index (χ2n) is 5.24. The minimum Gasteiger partial charge on any atom is -0.354 e. The average Bonchev–Trinajstić information content (AvgIpc) is 2.78. The highest BCUT2D eigenvalue weighted by atomic mass is 16.1. The summed E-state index contributed by atoms with van der Waals surface area (Å²) in [5, 5.41) is 12.0. The summed E-state index contributed by atoms with van der Waals surface area (Å²) >= 11 is 0. The number of rotatable bonds is 4. The largest absolute Gasteiger partial charge is 0.354 e. The molecular weight excluding hydrogens is 238 g/mol. The van der Waals surface area contributed by atoms with Crippen molar-refractivity contribution in [2.45, 2.75) is 39.4 Å². The Morgan fingerprint density at radius 1 is 1.47 bits per heavy atom. The van der Waals surface area contributed by atoms with E-state index in [1.54, 1.807) is 0 Å². The number of nitrogens with one attached hydrogen (secondary N) is 1. The van der Waals surface area contributed by atoms with Gasteiger partial charge in [-0.2, -0.15) is 5.26 Å². The molecule has 0 bridgehead atoms. The molecule has 0 fully saturated rings. The van der Waals surface area contributed by atoms with Crippen LogP contribution in [0.2, 0.25) is 0 Å². The molecule has 4 heteroatoms. The fourth-order valence-corrected chi connectivity index (χ4v) is 2.41. The van der Waals surface area contributed by atoms with E-state index in [2.05, 4.69) is 22.4 Å². The number of amides is 1. The third-order valence-electron chi connectivity index (χ3n) is 3.27. The van der Waals surface area contributed by atoms with Gasteiger partial charge in [-0.1, -0.05) is 12.1 Å². The molecular formula is C15H19N3O. The van der Waals surface area contributed by atoms with Crippen molar-refractivity contribution in [1.29, 1.82) is 5.26 Å². The Bertz CT molecular complexity index is 517. The van der Waals surface area contributed by atoms with E-state index in [9.17, 15) is 4.79 Å². The molecule has 0 saturated carbocycles. The van der Waals surface area contributed by atoms with Crippen molar-refractivity contribution in [2.75, 3.05) is 6.54 Å². The number of nitrogens with zero attached hydrogens (tertiary/aromatic N) is 2. The van der Waals surface area contributed by atoms with Crippen LogP contribution < -0.4 is 5.32 Å². The molecule has 2 rings (SSSR count). The normalized spacial score (nSPS) is 14.2. The zero-order valence-electron chi connectivity index (χ0n) is 11.4. The van der Waals surface area contributed by atoms with E-state index in [-0.39, 0.29) is 11.9 Å². The van der Waals surface area contributed by atoms with Crippen molar-refractivity contribution in [3.63, 3.8) is 0 Å². The lowest BCUT2D eigenvalue weighted by atomic mass is 10.1. The molecule has 0 atom stereocenters. The number of carbonyl (C=O) groups is 1. The van der Waals surface area contributed by atoms with Gasteiger partial charge in [0.05, 0.1) is 11.6 Å². The van der Waals surface area contributed by atoms with Gasteiger partial charge in [-0.3, -0.25) is 9.69 Å². The van der Waals surface area contributed by atoms with Crippen molar-refractivity contribution in [1.82, 2.24) is 10.2 Å². The van der Waals surface area contributed by atoms with Gasteiger partial charge in [-0.05, 0) is 31.0 Å². The van der Waals surface area contributed by atoms with Crippen molar-refractivity contribution in [2.24, 2.45) is 0 Å². The van der Waals surface area contributed by atoms with Gasteiger partial charge in [0.25, 0.3) is 0 Å². The molecule has 0 aromatic heterocycles. The number of carbonyl (C=O) groups excluding carboxylic acids is 1. The van der Waals surface area contributed by atoms with Crippen LogP contribution in [0.5, 0.6) is 0 Å². The smallest absolute Gasteiger partial charge is 0.221 e. The lowest BCUT2D eigenvalue weighted by molar-refractivity contribution is -0.121. The Labute approximate surface area is 114 Å². The van der Waals surface area contributed by atoms with E-state index in [0.29, 0.717) is 6.42 Å². The number of hydrogen-bond acceptors (Lipinski definition) is 3. The molecule has 100 valence electrons. The van der Waals surface area contributed by atoms with Crippen LogP contribution in [0.15, 0.2) is 18.2 Å². The van der Waals surface area contributed by atoms with Crippen LogP contribution in [0.25, 0.3) is 0 Å². The van der Waals surface area contributed by atoms with Crippen molar-refractivity contribution in [3.05, 3.63) is 34.9 Å². The third-order valence-corrected chi connectivity index (χ3v) is 3.27. The SMILES string of the molecule is CC(C)NC(=O)CCN1Cc2cccc(C#N)c2C1. The van der Waals surface area contributed by atoms with Crippen LogP contribution in [0.3, 0.4) is 0 Å². The highest BCUT2D eigenvalue weighted by molar-refractivity contribution is 5.76. The molecule has 0 radical (unpaired) electrons. The van der Waals surface area contributed by atoms with Gasteiger partial charge in [-0.15, -0.1) is 0 Å². The minimum absolute atomic E-state index is 0.0893. The van der Waals surface area contributed by atoms with E-state index < -0.39 is 0 Å². The first-order valence-electron chi connectivity index (χ1n) is 6.62. The molecule has 0 saturated heterocycles. The van der Waals surface area contributed by atoms with Crippen LogP contribution in [0.4, 0.5) is 0 Å². The molecule has 19 heavy (non-hydrogen) atoms. The number of nitriles is 1. The van der Waals surface area contributed by atoms with Gasteiger partial charge < -0.3 is 5.32 Å². The second kappa shape index (κ2) is 5.85. The summed E-state index contributed by atoms with van der Waals surface area (Å²) in [6.45, 7) is 6.26. The summed E-state index contributed by atoms with van der Waals surface area (Å²) in [4.78, 5) is 13.8. The third kappa shape index (κ3) is 3.33. The summed E-state index contributed by atoms with van der Waals surface area (Å²) in [7, 11) is 0. The summed E-state index contributed by atoms with van der Waals surface area (Å²) < 4.78 is 0. The summed E-state index contributed by atoms with van der Waals surface area (Å²) in [6, 6.07) is 8.26. The number of hydrogen-bond donors (Lipinski definition) is 1. The average molecular weight is 257 g/mol. The maximum atomic E-state index is 11.6. The molecule has 4 nitrogen and oxygen atoms in total. The molecule has 1 aromatic carbocycles. The van der Waals surface area contributed by atoms with E-state index in [4.69, 9.17) is 5.26 Å². The van der Waals surface area contributed by atoms with E-state index in [0.717, 1.165) is 30.8 Å². The van der Waals surface area contributed by atoms with Gasteiger partial charge in [0.2, 0.25) is 5.91 Å². The monoisotopic (exact) mass is 257 g/mol. The number of benzene rings is 1. The van der Waals surface area contributed by atoms with Crippen molar-refractivity contribution < 1.29 is 4.79 Å². The minimum atomic E-state index is 0.0893. The second-order valence-corrected chi connectivity index (χ2v) is 5.24. The molecule has 1 aromatic rings. The summed E-state index contributed by atoms with van der Waals surface area (Å²) in [6.07, 6.45) is 0.508. The summed E-state index contributed by atoms with van der Waals surface area (Å²) in [5.41, 5.74) is 3.09. The van der Waals surface area contributed by atoms with E-state index in [1.165, 1.54) is 5.56 Å². The van der Waals surface area contributed by atoms with Crippen molar-refractivity contribution in [3.8, 4) is 6.07 Å². The molecule has 1 aliphatic rings. The van der Waals surface area contributed by atoms with Crippen LogP contribution in [-0.2, 0) is 17.9 Å². The van der Waals surface area contributed by atoms with E-state index in [1.807, 2.05) is 26.0 Å². The predicted octanol–water partition coefficient (Wildman–Crippen LogP) is 1.79. The zero-order chi connectivity index (χ0) is 13.8.